The molecule has 0 bridgehead atoms. The third-order valence-electron chi connectivity index (χ3n) is 2.59. The van der Waals surface area contributed by atoms with Crippen molar-refractivity contribution in [2.45, 2.75) is 32.7 Å². The van der Waals surface area contributed by atoms with Crippen molar-refractivity contribution in [3.63, 3.8) is 0 Å². The average Bonchev–Trinajstić information content (AvgIpc) is 2.29. The summed E-state index contributed by atoms with van der Waals surface area (Å²) in [7, 11) is 0. The summed E-state index contributed by atoms with van der Waals surface area (Å²) in [6.07, 6.45) is 1.78. The van der Waals surface area contributed by atoms with Gasteiger partial charge in [0.1, 0.15) is 6.04 Å². The number of hydrogen-bond donors (Lipinski definition) is 2. The summed E-state index contributed by atoms with van der Waals surface area (Å²) in [4.78, 5) is 11.2. The van der Waals surface area contributed by atoms with E-state index in [1.54, 1.807) is 0 Å². The van der Waals surface area contributed by atoms with Crippen LogP contribution in [0.2, 0.25) is 0 Å². The summed E-state index contributed by atoms with van der Waals surface area (Å²) >= 11 is 0. The third-order valence-corrected chi connectivity index (χ3v) is 2.59. The van der Waals surface area contributed by atoms with Crippen LogP contribution in [0.25, 0.3) is 0 Å². The van der Waals surface area contributed by atoms with Crippen molar-refractivity contribution in [1.82, 2.24) is 5.32 Å². The Morgan fingerprint density at radius 1 is 1.38 bits per heavy atom. The second kappa shape index (κ2) is 6.28. The molecule has 88 valence electrons. The molecule has 0 fully saturated rings. The average molecular weight is 221 g/mol. The van der Waals surface area contributed by atoms with Crippen molar-refractivity contribution < 1.29 is 9.90 Å². The SMILES string of the molecule is CCCNC(C(=O)O)c1ccccc1CC. The quantitative estimate of drug-likeness (QED) is 0.775. The topological polar surface area (TPSA) is 49.3 Å². The van der Waals surface area contributed by atoms with Gasteiger partial charge in [-0.25, -0.2) is 0 Å². The third kappa shape index (κ3) is 3.07. The predicted octanol–water partition coefficient (Wildman–Crippen LogP) is 2.37. The van der Waals surface area contributed by atoms with Gasteiger partial charge in [0.15, 0.2) is 0 Å². The number of rotatable bonds is 6. The molecular formula is C13H19NO2. The van der Waals surface area contributed by atoms with E-state index in [9.17, 15) is 9.90 Å². The van der Waals surface area contributed by atoms with E-state index in [-0.39, 0.29) is 0 Å². The number of hydrogen-bond acceptors (Lipinski definition) is 2. The summed E-state index contributed by atoms with van der Waals surface area (Å²) in [5.41, 5.74) is 1.98. The molecule has 2 N–H and O–H groups in total. The number of aryl methyl sites for hydroxylation is 1. The van der Waals surface area contributed by atoms with Gasteiger partial charge in [-0.15, -0.1) is 0 Å². The number of carbonyl (C=O) groups is 1. The van der Waals surface area contributed by atoms with Crippen molar-refractivity contribution in [2.75, 3.05) is 6.54 Å². The summed E-state index contributed by atoms with van der Waals surface area (Å²) < 4.78 is 0. The fourth-order valence-electron chi connectivity index (χ4n) is 1.76. The number of nitrogens with one attached hydrogen (secondary N) is 1. The van der Waals surface area contributed by atoms with Gasteiger partial charge < -0.3 is 10.4 Å². The molecule has 3 nitrogen and oxygen atoms in total. The Hall–Kier alpha value is -1.35. The summed E-state index contributed by atoms with van der Waals surface area (Å²) in [6, 6.07) is 7.12. The predicted molar refractivity (Wildman–Crippen MR) is 64.5 cm³/mol. The van der Waals surface area contributed by atoms with Gasteiger partial charge in [0.05, 0.1) is 0 Å². The smallest absolute Gasteiger partial charge is 0.325 e. The van der Waals surface area contributed by atoms with Crippen LogP contribution in [0.1, 0.15) is 37.4 Å². The van der Waals surface area contributed by atoms with E-state index >= 15 is 0 Å². The van der Waals surface area contributed by atoms with Gasteiger partial charge in [-0.3, -0.25) is 4.79 Å². The molecule has 0 saturated heterocycles. The van der Waals surface area contributed by atoms with E-state index in [0.717, 1.165) is 30.5 Å². The lowest BCUT2D eigenvalue weighted by Gasteiger charge is -2.17. The largest absolute Gasteiger partial charge is 0.480 e. The van der Waals surface area contributed by atoms with E-state index in [0.29, 0.717) is 0 Å². The first-order valence-electron chi connectivity index (χ1n) is 5.74. The van der Waals surface area contributed by atoms with Gasteiger partial charge in [-0.1, -0.05) is 38.1 Å². The van der Waals surface area contributed by atoms with Crippen LogP contribution in [0.15, 0.2) is 24.3 Å². The van der Waals surface area contributed by atoms with E-state index in [1.165, 1.54) is 0 Å². The molecule has 1 atom stereocenters. The number of carboxylic acid groups (broad SMARTS) is 1. The molecule has 0 aliphatic heterocycles. The highest BCUT2D eigenvalue weighted by Gasteiger charge is 2.20. The van der Waals surface area contributed by atoms with Crippen molar-refractivity contribution in [2.24, 2.45) is 0 Å². The first-order valence-corrected chi connectivity index (χ1v) is 5.74. The molecule has 0 saturated carbocycles. The van der Waals surface area contributed by atoms with Gasteiger partial charge in [-0.2, -0.15) is 0 Å². The molecule has 3 heteroatoms. The van der Waals surface area contributed by atoms with E-state index in [1.807, 2.05) is 38.1 Å². The molecule has 0 aliphatic rings. The summed E-state index contributed by atoms with van der Waals surface area (Å²) in [5.74, 6) is -0.811. The molecule has 0 amide bonds. The number of carboxylic acids is 1. The van der Waals surface area contributed by atoms with Crippen molar-refractivity contribution in [3.05, 3.63) is 35.4 Å². The Balaban J connectivity index is 2.95. The molecular weight excluding hydrogens is 202 g/mol. The zero-order chi connectivity index (χ0) is 12.0. The molecule has 0 aliphatic carbocycles. The minimum absolute atomic E-state index is 0.587. The minimum Gasteiger partial charge on any atom is -0.480 e. The highest BCUT2D eigenvalue weighted by atomic mass is 16.4. The highest BCUT2D eigenvalue weighted by molar-refractivity contribution is 5.76. The van der Waals surface area contributed by atoms with Gasteiger partial charge in [0.2, 0.25) is 0 Å². The Morgan fingerprint density at radius 3 is 2.62 bits per heavy atom. The molecule has 16 heavy (non-hydrogen) atoms. The van der Waals surface area contributed by atoms with Gasteiger partial charge in [0.25, 0.3) is 0 Å². The highest BCUT2D eigenvalue weighted by Crippen LogP contribution is 2.18. The van der Waals surface area contributed by atoms with Crippen LogP contribution in [0.3, 0.4) is 0 Å². The Labute approximate surface area is 96.5 Å². The molecule has 1 aromatic rings. The van der Waals surface area contributed by atoms with Crippen LogP contribution in [0.4, 0.5) is 0 Å². The van der Waals surface area contributed by atoms with Crippen molar-refractivity contribution >= 4 is 5.97 Å². The maximum Gasteiger partial charge on any atom is 0.325 e. The second-order valence-corrected chi connectivity index (χ2v) is 3.78. The van der Waals surface area contributed by atoms with Gasteiger partial charge in [0, 0.05) is 0 Å². The van der Waals surface area contributed by atoms with Crippen LogP contribution in [-0.2, 0) is 11.2 Å². The molecule has 1 rings (SSSR count). The lowest BCUT2D eigenvalue weighted by Crippen LogP contribution is -2.29. The molecule has 0 heterocycles. The van der Waals surface area contributed by atoms with Crippen molar-refractivity contribution in [3.8, 4) is 0 Å². The van der Waals surface area contributed by atoms with Gasteiger partial charge in [-0.05, 0) is 30.5 Å². The van der Waals surface area contributed by atoms with E-state index in [4.69, 9.17) is 0 Å². The van der Waals surface area contributed by atoms with Gasteiger partial charge >= 0.3 is 5.97 Å². The summed E-state index contributed by atoms with van der Waals surface area (Å²) in [5, 5.41) is 12.3. The second-order valence-electron chi connectivity index (χ2n) is 3.78. The van der Waals surface area contributed by atoms with Crippen molar-refractivity contribution in [1.29, 1.82) is 0 Å². The lowest BCUT2D eigenvalue weighted by atomic mass is 9.98. The fraction of sp³-hybridized carbons (Fsp3) is 0.462. The number of aliphatic carboxylic acids is 1. The fourth-order valence-corrected chi connectivity index (χ4v) is 1.76. The standard InChI is InChI=1S/C13H19NO2/c1-3-9-14-12(13(15)16)11-8-6-5-7-10(11)4-2/h5-8,12,14H,3-4,9H2,1-2H3,(H,15,16). The van der Waals surface area contributed by atoms with Crippen LogP contribution in [0, 0.1) is 0 Å². The van der Waals surface area contributed by atoms with Crippen LogP contribution >= 0.6 is 0 Å². The monoisotopic (exact) mass is 221 g/mol. The summed E-state index contributed by atoms with van der Waals surface area (Å²) in [6.45, 7) is 4.78. The van der Waals surface area contributed by atoms with Crippen LogP contribution < -0.4 is 5.32 Å². The lowest BCUT2D eigenvalue weighted by molar-refractivity contribution is -0.139. The maximum atomic E-state index is 11.2. The first kappa shape index (κ1) is 12.7. The Kier molecular flexibility index (Phi) is 4.99. The molecule has 0 radical (unpaired) electrons. The zero-order valence-corrected chi connectivity index (χ0v) is 9.86. The molecule has 0 spiro atoms. The Bertz CT molecular complexity index is 350. The Morgan fingerprint density at radius 2 is 2.06 bits per heavy atom. The maximum absolute atomic E-state index is 11.2. The molecule has 0 aromatic heterocycles. The normalized spacial score (nSPS) is 12.4. The van der Waals surface area contributed by atoms with Crippen LogP contribution in [0.5, 0.6) is 0 Å². The number of benzene rings is 1. The molecule has 1 unspecified atom stereocenters. The van der Waals surface area contributed by atoms with E-state index in [2.05, 4.69) is 5.32 Å². The molecule has 1 aromatic carbocycles. The van der Waals surface area contributed by atoms with Crippen LogP contribution in [-0.4, -0.2) is 17.6 Å². The minimum atomic E-state index is -0.811. The first-order chi connectivity index (χ1) is 7.70. The van der Waals surface area contributed by atoms with E-state index < -0.39 is 12.0 Å². The zero-order valence-electron chi connectivity index (χ0n) is 9.86.